The van der Waals surface area contributed by atoms with Crippen molar-refractivity contribution in [1.29, 1.82) is 5.26 Å². The van der Waals surface area contributed by atoms with Crippen molar-refractivity contribution in [2.75, 3.05) is 19.9 Å². The predicted octanol–water partition coefficient (Wildman–Crippen LogP) is 1.64. The summed E-state index contributed by atoms with van der Waals surface area (Å²) in [6, 6.07) is 7.86. The molecule has 1 N–H and O–H groups in total. The standard InChI is InChI=1S/C18H20N2O4/c19-8-14(11-1-2-11)18(22)20-6-5-13(15(21)9-20)12-3-4-16-17(7-12)24-10-23-16/h3-4,7,11,13-15,21H,1-2,5-6,9-10H2/t13?,14-,15?/m0/s1. The number of rotatable bonds is 3. The van der Waals surface area contributed by atoms with E-state index in [0.717, 1.165) is 24.2 Å². The number of aliphatic hydroxyl groups is 1. The zero-order valence-corrected chi connectivity index (χ0v) is 13.4. The van der Waals surface area contributed by atoms with Gasteiger partial charge in [-0.15, -0.1) is 0 Å². The Hall–Kier alpha value is -2.26. The summed E-state index contributed by atoms with van der Waals surface area (Å²) in [5.74, 6) is 0.942. The Bertz CT molecular complexity index is 695. The molecule has 3 aliphatic rings. The number of ether oxygens (including phenoxy) is 2. The van der Waals surface area contributed by atoms with Crippen molar-refractivity contribution < 1.29 is 19.4 Å². The van der Waals surface area contributed by atoms with Crippen LogP contribution in [0.1, 0.15) is 30.7 Å². The van der Waals surface area contributed by atoms with Crippen LogP contribution in [-0.4, -0.2) is 41.9 Å². The number of hydrogen-bond donors (Lipinski definition) is 1. The largest absolute Gasteiger partial charge is 0.454 e. The van der Waals surface area contributed by atoms with Gasteiger partial charge in [0.25, 0.3) is 0 Å². The summed E-state index contributed by atoms with van der Waals surface area (Å²) in [4.78, 5) is 14.2. The molecule has 3 atom stereocenters. The minimum absolute atomic E-state index is 0.0370. The highest BCUT2D eigenvalue weighted by Crippen LogP contribution is 2.40. The third-order valence-corrected chi connectivity index (χ3v) is 5.22. The molecule has 1 amide bonds. The molecule has 0 bridgehead atoms. The molecule has 6 nitrogen and oxygen atoms in total. The molecule has 1 saturated heterocycles. The first kappa shape index (κ1) is 15.3. The third kappa shape index (κ3) is 2.69. The molecule has 1 saturated carbocycles. The second kappa shape index (κ2) is 5.99. The van der Waals surface area contributed by atoms with Gasteiger partial charge < -0.3 is 19.5 Å². The summed E-state index contributed by atoms with van der Waals surface area (Å²) in [7, 11) is 0. The molecule has 1 aromatic rings. The van der Waals surface area contributed by atoms with Crippen LogP contribution in [-0.2, 0) is 4.79 Å². The minimum Gasteiger partial charge on any atom is -0.454 e. The summed E-state index contributed by atoms with van der Waals surface area (Å²) < 4.78 is 10.7. The fourth-order valence-corrected chi connectivity index (χ4v) is 3.65. The average Bonchev–Trinajstić information content (AvgIpc) is 3.31. The van der Waals surface area contributed by atoms with E-state index >= 15 is 0 Å². The van der Waals surface area contributed by atoms with E-state index in [0.29, 0.717) is 18.7 Å². The van der Waals surface area contributed by atoms with Gasteiger partial charge in [-0.1, -0.05) is 6.07 Å². The number of β-amino-alcohol motifs (C(OH)–C–C–N with tert-alkyl or cyclic N) is 1. The Morgan fingerprint density at radius 3 is 2.79 bits per heavy atom. The van der Waals surface area contributed by atoms with Crippen LogP contribution in [0.25, 0.3) is 0 Å². The zero-order chi connectivity index (χ0) is 16.7. The number of piperidine rings is 1. The highest BCUT2D eigenvalue weighted by molar-refractivity contribution is 5.82. The Morgan fingerprint density at radius 2 is 2.08 bits per heavy atom. The molecule has 2 heterocycles. The molecule has 0 spiro atoms. The van der Waals surface area contributed by atoms with Crippen LogP contribution >= 0.6 is 0 Å². The molecule has 2 unspecified atom stereocenters. The first-order valence-electron chi connectivity index (χ1n) is 8.43. The minimum atomic E-state index is -0.637. The van der Waals surface area contributed by atoms with E-state index in [1.165, 1.54) is 0 Å². The Balaban J connectivity index is 1.45. The van der Waals surface area contributed by atoms with Crippen LogP contribution in [0.15, 0.2) is 18.2 Å². The van der Waals surface area contributed by atoms with Crippen molar-refractivity contribution in [2.45, 2.75) is 31.3 Å². The quantitative estimate of drug-likeness (QED) is 0.912. The lowest BCUT2D eigenvalue weighted by Crippen LogP contribution is -2.48. The fourth-order valence-electron chi connectivity index (χ4n) is 3.65. The number of amides is 1. The molecule has 6 heteroatoms. The zero-order valence-electron chi connectivity index (χ0n) is 13.4. The van der Waals surface area contributed by atoms with Gasteiger partial charge in [0.1, 0.15) is 5.92 Å². The molecule has 2 fully saturated rings. The van der Waals surface area contributed by atoms with Crippen LogP contribution in [0.4, 0.5) is 0 Å². The molecule has 1 aliphatic carbocycles. The maximum absolute atomic E-state index is 12.5. The van der Waals surface area contributed by atoms with Gasteiger partial charge in [0.15, 0.2) is 11.5 Å². The monoisotopic (exact) mass is 328 g/mol. The lowest BCUT2D eigenvalue weighted by Gasteiger charge is -2.37. The van der Waals surface area contributed by atoms with Gasteiger partial charge in [-0.2, -0.15) is 5.26 Å². The number of aliphatic hydroxyl groups excluding tert-OH is 1. The van der Waals surface area contributed by atoms with Crippen LogP contribution in [0.5, 0.6) is 11.5 Å². The van der Waals surface area contributed by atoms with Gasteiger partial charge in [0.05, 0.1) is 12.2 Å². The van der Waals surface area contributed by atoms with E-state index in [-0.39, 0.29) is 31.1 Å². The highest BCUT2D eigenvalue weighted by Gasteiger charge is 2.41. The van der Waals surface area contributed by atoms with Gasteiger partial charge in [-0.05, 0) is 42.9 Å². The van der Waals surface area contributed by atoms with E-state index in [2.05, 4.69) is 6.07 Å². The van der Waals surface area contributed by atoms with Crippen LogP contribution in [0.2, 0.25) is 0 Å². The number of benzene rings is 1. The molecule has 0 radical (unpaired) electrons. The van der Waals surface area contributed by atoms with Gasteiger partial charge in [-0.3, -0.25) is 4.79 Å². The van der Waals surface area contributed by atoms with Crippen molar-refractivity contribution in [3.8, 4) is 17.6 Å². The lowest BCUT2D eigenvalue weighted by atomic mass is 9.86. The summed E-state index contributed by atoms with van der Waals surface area (Å²) >= 11 is 0. The van der Waals surface area contributed by atoms with E-state index in [1.807, 2.05) is 18.2 Å². The van der Waals surface area contributed by atoms with Gasteiger partial charge >= 0.3 is 0 Å². The predicted molar refractivity (Wildman–Crippen MR) is 84.3 cm³/mol. The van der Waals surface area contributed by atoms with E-state index < -0.39 is 12.0 Å². The van der Waals surface area contributed by atoms with Crippen LogP contribution < -0.4 is 9.47 Å². The molecular weight excluding hydrogens is 308 g/mol. The van der Waals surface area contributed by atoms with Crippen molar-refractivity contribution in [2.24, 2.45) is 11.8 Å². The molecule has 0 aromatic heterocycles. The molecular formula is C18H20N2O4. The molecule has 2 aliphatic heterocycles. The molecule has 24 heavy (non-hydrogen) atoms. The Labute approximate surface area is 140 Å². The Morgan fingerprint density at radius 1 is 1.29 bits per heavy atom. The normalized spacial score (nSPS) is 26.8. The van der Waals surface area contributed by atoms with Crippen molar-refractivity contribution in [3.05, 3.63) is 23.8 Å². The number of hydrogen-bond acceptors (Lipinski definition) is 5. The van der Waals surface area contributed by atoms with Crippen molar-refractivity contribution >= 4 is 5.91 Å². The third-order valence-electron chi connectivity index (χ3n) is 5.22. The maximum Gasteiger partial charge on any atom is 0.240 e. The summed E-state index contributed by atoms with van der Waals surface area (Å²) in [5.41, 5.74) is 0.998. The highest BCUT2D eigenvalue weighted by atomic mass is 16.7. The van der Waals surface area contributed by atoms with Crippen molar-refractivity contribution in [1.82, 2.24) is 4.90 Å². The lowest BCUT2D eigenvalue weighted by molar-refractivity contribution is -0.137. The summed E-state index contributed by atoms with van der Waals surface area (Å²) in [5, 5.41) is 19.8. The number of nitrogens with zero attached hydrogens (tertiary/aromatic N) is 2. The second-order valence-electron chi connectivity index (χ2n) is 6.80. The molecule has 4 rings (SSSR count). The van der Waals surface area contributed by atoms with E-state index in [9.17, 15) is 15.2 Å². The van der Waals surface area contributed by atoms with Gasteiger partial charge in [0.2, 0.25) is 12.7 Å². The van der Waals surface area contributed by atoms with E-state index in [4.69, 9.17) is 9.47 Å². The van der Waals surface area contributed by atoms with Crippen molar-refractivity contribution in [3.63, 3.8) is 0 Å². The number of carbonyl (C=O) groups is 1. The molecule has 1 aromatic carbocycles. The van der Waals surface area contributed by atoms with Gasteiger partial charge in [-0.25, -0.2) is 0 Å². The number of nitriles is 1. The van der Waals surface area contributed by atoms with E-state index in [1.54, 1.807) is 4.90 Å². The second-order valence-corrected chi connectivity index (χ2v) is 6.80. The van der Waals surface area contributed by atoms with Crippen LogP contribution in [0.3, 0.4) is 0 Å². The Kier molecular flexibility index (Phi) is 3.81. The average molecular weight is 328 g/mol. The molecule has 126 valence electrons. The fraction of sp³-hybridized carbons (Fsp3) is 0.556. The smallest absolute Gasteiger partial charge is 0.240 e. The first-order chi connectivity index (χ1) is 11.7. The topological polar surface area (TPSA) is 82.8 Å². The SMILES string of the molecule is N#C[C@H](C(=O)N1CCC(c2ccc3c(c2)OCO3)C(O)C1)C1CC1. The number of fused-ring (bicyclic) bond motifs is 1. The van der Waals surface area contributed by atoms with Gasteiger partial charge in [0, 0.05) is 19.0 Å². The summed E-state index contributed by atoms with van der Waals surface area (Å²) in [6.45, 7) is 1.08. The maximum atomic E-state index is 12.5. The number of likely N-dealkylation sites (tertiary alicyclic amines) is 1. The first-order valence-corrected chi connectivity index (χ1v) is 8.43. The van der Waals surface area contributed by atoms with Crippen LogP contribution in [0, 0.1) is 23.2 Å². The summed E-state index contributed by atoms with van der Waals surface area (Å²) in [6.07, 6.45) is 1.96. The number of carbonyl (C=O) groups excluding carboxylic acids is 1.